The van der Waals surface area contributed by atoms with Gasteiger partial charge in [-0.05, 0) is 17.7 Å². The van der Waals surface area contributed by atoms with Crippen LogP contribution in [0.3, 0.4) is 0 Å². The van der Waals surface area contributed by atoms with Crippen LogP contribution in [0.2, 0.25) is 0 Å². The number of aliphatic carboxylic acids is 1. The third-order valence-corrected chi connectivity index (χ3v) is 3.64. The van der Waals surface area contributed by atoms with Crippen LogP contribution >= 0.6 is 0 Å². The van der Waals surface area contributed by atoms with Gasteiger partial charge in [0.1, 0.15) is 5.82 Å². The monoisotopic (exact) mass is 349 g/mol. The maximum absolute atomic E-state index is 12.9. The van der Waals surface area contributed by atoms with E-state index >= 15 is 0 Å². The number of halogens is 1. The van der Waals surface area contributed by atoms with Gasteiger partial charge < -0.3 is 14.9 Å². The van der Waals surface area contributed by atoms with Crippen molar-refractivity contribution >= 4 is 11.9 Å². The topological polar surface area (TPSA) is 105 Å². The van der Waals surface area contributed by atoms with Crippen molar-refractivity contribution in [3.05, 3.63) is 47.4 Å². The first kappa shape index (κ1) is 18.6. The molecule has 25 heavy (non-hydrogen) atoms. The van der Waals surface area contributed by atoms with Crippen molar-refractivity contribution in [3.8, 4) is 0 Å². The van der Waals surface area contributed by atoms with Crippen molar-refractivity contribution in [2.75, 3.05) is 6.54 Å². The molecule has 0 aliphatic heterocycles. The number of aryl methyl sites for hydroxylation is 1. The van der Waals surface area contributed by atoms with Gasteiger partial charge in [0.15, 0.2) is 5.82 Å². The highest BCUT2D eigenvalue weighted by Crippen LogP contribution is 2.16. The van der Waals surface area contributed by atoms with Gasteiger partial charge in [-0.2, -0.15) is 4.98 Å². The Morgan fingerprint density at radius 3 is 2.52 bits per heavy atom. The summed E-state index contributed by atoms with van der Waals surface area (Å²) in [6.45, 7) is 3.78. The fourth-order valence-electron chi connectivity index (χ4n) is 2.17. The molecule has 8 heteroatoms. The second-order valence-corrected chi connectivity index (χ2v) is 5.95. The molecule has 1 aromatic heterocycles. The number of hydrogen-bond donors (Lipinski definition) is 2. The van der Waals surface area contributed by atoms with E-state index in [0.717, 1.165) is 0 Å². The van der Waals surface area contributed by atoms with Gasteiger partial charge in [-0.15, -0.1) is 0 Å². The number of aromatic nitrogens is 2. The van der Waals surface area contributed by atoms with E-state index < -0.39 is 17.7 Å². The summed E-state index contributed by atoms with van der Waals surface area (Å²) in [6.07, 6.45) is 0.384. The van der Waals surface area contributed by atoms with Gasteiger partial charge in [0.25, 0.3) is 0 Å². The lowest BCUT2D eigenvalue weighted by atomic mass is 9.99. The molecule has 0 spiro atoms. The number of carbonyl (C=O) groups is 2. The third-order valence-electron chi connectivity index (χ3n) is 3.64. The number of hydrogen-bond acceptors (Lipinski definition) is 5. The Bertz CT molecular complexity index is 728. The quantitative estimate of drug-likeness (QED) is 0.757. The van der Waals surface area contributed by atoms with Crippen LogP contribution in [0.5, 0.6) is 0 Å². The highest BCUT2D eigenvalue weighted by Gasteiger charge is 2.21. The first-order chi connectivity index (χ1) is 11.9. The molecule has 2 rings (SSSR count). The normalized spacial score (nSPS) is 12.2. The van der Waals surface area contributed by atoms with E-state index in [4.69, 9.17) is 4.52 Å². The van der Waals surface area contributed by atoms with Crippen LogP contribution in [-0.2, 0) is 16.0 Å². The molecule has 0 aliphatic rings. The molecule has 0 saturated heterocycles. The number of benzene rings is 1. The first-order valence-electron chi connectivity index (χ1n) is 7.94. The summed E-state index contributed by atoms with van der Waals surface area (Å²) in [5, 5.41) is 15.7. The van der Waals surface area contributed by atoms with Gasteiger partial charge in [-0.3, -0.25) is 9.59 Å². The largest absolute Gasteiger partial charge is 0.481 e. The van der Waals surface area contributed by atoms with Crippen molar-refractivity contribution in [2.45, 2.75) is 38.5 Å². The Hall–Kier alpha value is -2.77. The average molecular weight is 349 g/mol. The number of carboxylic acid groups (broad SMARTS) is 1. The molecule has 0 fully saturated rings. The minimum absolute atomic E-state index is 0.0825. The van der Waals surface area contributed by atoms with Gasteiger partial charge in [-0.25, -0.2) is 4.39 Å². The molecule has 134 valence electrons. The lowest BCUT2D eigenvalue weighted by Crippen LogP contribution is -2.31. The fraction of sp³-hybridized carbons (Fsp3) is 0.412. The van der Waals surface area contributed by atoms with Crippen LogP contribution in [0.15, 0.2) is 28.8 Å². The maximum atomic E-state index is 12.9. The Morgan fingerprint density at radius 2 is 1.96 bits per heavy atom. The molecule has 0 bridgehead atoms. The summed E-state index contributed by atoms with van der Waals surface area (Å²) >= 11 is 0. The zero-order valence-electron chi connectivity index (χ0n) is 14.0. The summed E-state index contributed by atoms with van der Waals surface area (Å²) in [5.74, 6) is -1.72. The van der Waals surface area contributed by atoms with Gasteiger partial charge in [0.2, 0.25) is 11.8 Å². The summed E-state index contributed by atoms with van der Waals surface area (Å²) < 4.78 is 18.0. The number of nitrogens with zero attached hydrogens (tertiary/aromatic N) is 2. The molecule has 1 amide bonds. The van der Waals surface area contributed by atoms with E-state index in [1.807, 2.05) is 13.8 Å². The number of carbonyl (C=O) groups excluding carboxylic acids is 1. The lowest BCUT2D eigenvalue weighted by Gasteiger charge is -2.13. The average Bonchev–Trinajstić information content (AvgIpc) is 3.04. The van der Waals surface area contributed by atoms with Gasteiger partial charge >= 0.3 is 5.97 Å². The van der Waals surface area contributed by atoms with Gasteiger partial charge in [0.05, 0.1) is 5.92 Å². The molecule has 1 unspecified atom stereocenters. The molecule has 2 aromatic rings. The molecule has 0 aliphatic carbocycles. The molecule has 1 aromatic carbocycles. The van der Waals surface area contributed by atoms with Crippen molar-refractivity contribution in [3.63, 3.8) is 0 Å². The molecule has 0 radical (unpaired) electrons. The first-order valence-corrected chi connectivity index (χ1v) is 7.94. The highest BCUT2D eigenvalue weighted by atomic mass is 19.1. The fourth-order valence-corrected chi connectivity index (χ4v) is 2.17. The molecular weight excluding hydrogens is 329 g/mol. The van der Waals surface area contributed by atoms with Gasteiger partial charge in [-0.1, -0.05) is 31.1 Å². The molecule has 1 heterocycles. The Kier molecular flexibility index (Phi) is 6.21. The second-order valence-electron chi connectivity index (χ2n) is 5.95. The standard InChI is InChI=1S/C17H20FN3O4/c1-10(2)16-20-15(25-21-16)8-7-14(22)19-9-13(17(23)24)11-3-5-12(18)6-4-11/h3-6,10,13H,7-9H2,1-2H3,(H,19,22)(H,23,24). The zero-order chi connectivity index (χ0) is 18.4. The smallest absolute Gasteiger partial charge is 0.312 e. The summed E-state index contributed by atoms with van der Waals surface area (Å²) in [7, 11) is 0. The van der Waals surface area contributed by atoms with E-state index in [-0.39, 0.29) is 31.2 Å². The SMILES string of the molecule is CC(C)c1noc(CCC(=O)NCC(C(=O)O)c2ccc(F)cc2)n1. The minimum atomic E-state index is -1.09. The van der Waals surface area contributed by atoms with E-state index in [0.29, 0.717) is 17.3 Å². The van der Waals surface area contributed by atoms with Crippen LogP contribution in [-0.4, -0.2) is 33.7 Å². The van der Waals surface area contributed by atoms with E-state index in [9.17, 15) is 19.1 Å². The maximum Gasteiger partial charge on any atom is 0.312 e. The molecule has 1 atom stereocenters. The van der Waals surface area contributed by atoms with Crippen LogP contribution in [0.1, 0.15) is 49.4 Å². The van der Waals surface area contributed by atoms with Crippen LogP contribution in [0.4, 0.5) is 4.39 Å². The Labute approximate surface area is 144 Å². The van der Waals surface area contributed by atoms with Crippen LogP contribution < -0.4 is 5.32 Å². The minimum Gasteiger partial charge on any atom is -0.481 e. The molecule has 0 saturated carbocycles. The summed E-state index contributed by atoms with van der Waals surface area (Å²) in [6, 6.07) is 5.17. The van der Waals surface area contributed by atoms with Gasteiger partial charge in [0, 0.05) is 25.3 Å². The molecule has 2 N–H and O–H groups in total. The summed E-state index contributed by atoms with van der Waals surface area (Å²) in [5.41, 5.74) is 0.424. The molecule has 7 nitrogen and oxygen atoms in total. The lowest BCUT2D eigenvalue weighted by molar-refractivity contribution is -0.138. The Balaban J connectivity index is 1.86. The molecular formula is C17H20FN3O4. The highest BCUT2D eigenvalue weighted by molar-refractivity contribution is 5.79. The third kappa shape index (κ3) is 5.37. The number of nitrogens with one attached hydrogen (secondary N) is 1. The van der Waals surface area contributed by atoms with Crippen molar-refractivity contribution in [1.29, 1.82) is 0 Å². The number of rotatable bonds is 8. The predicted molar refractivity (Wildman–Crippen MR) is 86.5 cm³/mol. The zero-order valence-corrected chi connectivity index (χ0v) is 14.0. The van der Waals surface area contributed by atoms with Crippen molar-refractivity contribution < 1.29 is 23.6 Å². The summed E-state index contributed by atoms with van der Waals surface area (Å²) in [4.78, 5) is 27.5. The van der Waals surface area contributed by atoms with Crippen molar-refractivity contribution in [1.82, 2.24) is 15.5 Å². The number of amides is 1. The van der Waals surface area contributed by atoms with E-state index in [1.54, 1.807) is 0 Å². The van der Waals surface area contributed by atoms with Crippen LogP contribution in [0.25, 0.3) is 0 Å². The predicted octanol–water partition coefficient (Wildman–Crippen LogP) is 2.25. The van der Waals surface area contributed by atoms with E-state index in [1.165, 1.54) is 24.3 Å². The number of carboxylic acids is 1. The van der Waals surface area contributed by atoms with E-state index in [2.05, 4.69) is 15.5 Å². The Morgan fingerprint density at radius 1 is 1.28 bits per heavy atom. The van der Waals surface area contributed by atoms with Crippen molar-refractivity contribution in [2.24, 2.45) is 0 Å². The second kappa shape index (κ2) is 8.36. The van der Waals surface area contributed by atoms with Crippen LogP contribution in [0, 0.1) is 5.82 Å².